The fourth-order valence-corrected chi connectivity index (χ4v) is 2.48. The van der Waals surface area contributed by atoms with Crippen molar-refractivity contribution >= 4 is 17.7 Å². The Kier molecular flexibility index (Phi) is 4.99. The van der Waals surface area contributed by atoms with E-state index >= 15 is 0 Å². The molecule has 1 aliphatic rings. The molecule has 0 radical (unpaired) electrons. The standard InChI is InChI=1S/C14H16N2O7/c1-22-13(17)12(9-5-6-15(8-9)14(18)19)23-11-4-2-3-10(7-11)16(20)21/h2-4,7,9,12H,5-6,8H2,1H3,(H,18,19)/t9-,12?/m0/s1. The average Bonchev–Trinajstić information content (AvgIpc) is 3.02. The molecule has 1 heterocycles. The van der Waals surface area contributed by atoms with E-state index in [2.05, 4.69) is 0 Å². The second kappa shape index (κ2) is 6.95. The number of esters is 1. The lowest BCUT2D eigenvalue weighted by atomic mass is 10.0. The van der Waals surface area contributed by atoms with Gasteiger partial charge in [-0.25, -0.2) is 9.59 Å². The first-order chi connectivity index (χ1) is 10.9. The third-order valence-corrected chi connectivity index (χ3v) is 3.65. The van der Waals surface area contributed by atoms with Gasteiger partial charge in [0.2, 0.25) is 0 Å². The van der Waals surface area contributed by atoms with Crippen LogP contribution in [0.5, 0.6) is 5.75 Å². The van der Waals surface area contributed by atoms with Gasteiger partial charge in [-0.3, -0.25) is 10.1 Å². The molecular formula is C14H16N2O7. The highest BCUT2D eigenvalue weighted by Gasteiger charge is 2.38. The molecule has 23 heavy (non-hydrogen) atoms. The lowest BCUT2D eigenvalue weighted by Gasteiger charge is -2.22. The van der Waals surface area contributed by atoms with Gasteiger partial charge < -0.3 is 19.5 Å². The first-order valence-electron chi connectivity index (χ1n) is 6.89. The van der Waals surface area contributed by atoms with Crippen LogP contribution >= 0.6 is 0 Å². The van der Waals surface area contributed by atoms with E-state index in [1.54, 1.807) is 0 Å². The van der Waals surface area contributed by atoms with E-state index in [9.17, 15) is 19.7 Å². The molecule has 1 saturated heterocycles. The number of nitro groups is 1. The highest BCUT2D eigenvalue weighted by atomic mass is 16.6. The highest BCUT2D eigenvalue weighted by molar-refractivity contribution is 5.76. The Morgan fingerprint density at radius 2 is 2.22 bits per heavy atom. The minimum absolute atomic E-state index is 0.143. The van der Waals surface area contributed by atoms with Crippen molar-refractivity contribution in [3.8, 4) is 5.75 Å². The Balaban J connectivity index is 2.17. The van der Waals surface area contributed by atoms with Gasteiger partial charge in [0.1, 0.15) is 5.75 Å². The third-order valence-electron chi connectivity index (χ3n) is 3.65. The molecule has 1 fully saturated rings. The molecule has 124 valence electrons. The number of benzene rings is 1. The summed E-state index contributed by atoms with van der Waals surface area (Å²) >= 11 is 0. The quantitative estimate of drug-likeness (QED) is 0.495. The summed E-state index contributed by atoms with van der Waals surface area (Å²) in [6.45, 7) is 0.440. The van der Waals surface area contributed by atoms with Crippen LogP contribution in [0.15, 0.2) is 24.3 Å². The first kappa shape index (κ1) is 16.5. The molecule has 0 aromatic heterocycles. The van der Waals surface area contributed by atoms with Crippen LogP contribution in [0.2, 0.25) is 0 Å². The van der Waals surface area contributed by atoms with E-state index in [0.29, 0.717) is 13.0 Å². The van der Waals surface area contributed by atoms with Crippen LogP contribution < -0.4 is 4.74 Å². The Morgan fingerprint density at radius 1 is 1.48 bits per heavy atom. The Morgan fingerprint density at radius 3 is 2.78 bits per heavy atom. The molecular weight excluding hydrogens is 308 g/mol. The molecule has 9 nitrogen and oxygen atoms in total. The van der Waals surface area contributed by atoms with Crippen LogP contribution in [0.25, 0.3) is 0 Å². The molecule has 0 saturated carbocycles. The third kappa shape index (κ3) is 3.87. The second-order valence-corrected chi connectivity index (χ2v) is 5.09. The van der Waals surface area contributed by atoms with E-state index in [1.165, 1.54) is 36.3 Å². The van der Waals surface area contributed by atoms with Gasteiger partial charge in [0.25, 0.3) is 5.69 Å². The zero-order chi connectivity index (χ0) is 17.0. The summed E-state index contributed by atoms with van der Waals surface area (Å²) in [6.07, 6.45) is -1.64. The predicted molar refractivity (Wildman–Crippen MR) is 77.2 cm³/mol. The maximum absolute atomic E-state index is 12.0. The largest absolute Gasteiger partial charge is 0.478 e. The summed E-state index contributed by atoms with van der Waals surface area (Å²) < 4.78 is 10.3. The number of carbonyl (C=O) groups is 2. The number of nitrogens with zero attached hydrogens (tertiary/aromatic N) is 2. The highest BCUT2D eigenvalue weighted by Crippen LogP contribution is 2.27. The van der Waals surface area contributed by atoms with Gasteiger partial charge in [-0.1, -0.05) is 6.07 Å². The van der Waals surface area contributed by atoms with Crippen LogP contribution in [-0.4, -0.2) is 53.3 Å². The lowest BCUT2D eigenvalue weighted by Crippen LogP contribution is -2.38. The first-order valence-corrected chi connectivity index (χ1v) is 6.89. The fraction of sp³-hybridized carbons (Fsp3) is 0.429. The topological polar surface area (TPSA) is 119 Å². The molecule has 2 rings (SSSR count). The maximum atomic E-state index is 12.0. The van der Waals surface area contributed by atoms with Crippen molar-refractivity contribution in [2.75, 3.05) is 20.2 Å². The summed E-state index contributed by atoms with van der Waals surface area (Å²) in [7, 11) is 1.20. The van der Waals surface area contributed by atoms with Crippen molar-refractivity contribution < 1.29 is 29.1 Å². The number of methoxy groups -OCH3 is 1. The van der Waals surface area contributed by atoms with E-state index in [1.807, 2.05) is 0 Å². The Hall–Kier alpha value is -2.84. The van der Waals surface area contributed by atoms with Crippen LogP contribution in [0, 0.1) is 16.0 Å². The van der Waals surface area contributed by atoms with Gasteiger partial charge in [-0.15, -0.1) is 0 Å². The zero-order valence-electron chi connectivity index (χ0n) is 12.4. The molecule has 1 unspecified atom stereocenters. The minimum atomic E-state index is -1.06. The monoisotopic (exact) mass is 324 g/mol. The van der Waals surface area contributed by atoms with Crippen LogP contribution in [0.4, 0.5) is 10.5 Å². The van der Waals surface area contributed by atoms with Gasteiger partial charge >= 0.3 is 12.1 Å². The number of rotatable bonds is 5. The zero-order valence-corrected chi connectivity index (χ0v) is 12.4. The number of carbonyl (C=O) groups excluding carboxylic acids is 1. The number of hydrogen-bond acceptors (Lipinski definition) is 6. The SMILES string of the molecule is COC(=O)C(Oc1cccc([N+](=O)[O-])c1)[C@H]1CCN(C(=O)O)C1. The van der Waals surface area contributed by atoms with E-state index in [-0.39, 0.29) is 23.9 Å². The number of likely N-dealkylation sites (tertiary alicyclic amines) is 1. The minimum Gasteiger partial charge on any atom is -0.478 e. The van der Waals surface area contributed by atoms with Gasteiger partial charge in [-0.2, -0.15) is 0 Å². The van der Waals surface area contributed by atoms with Crippen LogP contribution in [0.3, 0.4) is 0 Å². The molecule has 1 aromatic carbocycles. The van der Waals surface area contributed by atoms with Gasteiger partial charge in [0, 0.05) is 25.1 Å². The summed E-state index contributed by atoms with van der Waals surface area (Å²) in [5.74, 6) is -0.866. The van der Waals surface area contributed by atoms with Gasteiger partial charge in [0.05, 0.1) is 18.1 Å². The molecule has 0 bridgehead atoms. The molecule has 1 aliphatic heterocycles. The van der Waals surface area contributed by atoms with Crippen molar-refractivity contribution in [1.29, 1.82) is 0 Å². The summed E-state index contributed by atoms with van der Waals surface area (Å²) in [6, 6.07) is 5.45. The molecule has 0 spiro atoms. The number of hydrogen-bond donors (Lipinski definition) is 1. The van der Waals surface area contributed by atoms with Crippen LogP contribution in [0.1, 0.15) is 6.42 Å². The average molecular weight is 324 g/mol. The second-order valence-electron chi connectivity index (χ2n) is 5.09. The van der Waals surface area contributed by atoms with Crippen molar-refractivity contribution in [3.63, 3.8) is 0 Å². The molecule has 9 heteroatoms. The van der Waals surface area contributed by atoms with Crippen molar-refractivity contribution in [3.05, 3.63) is 34.4 Å². The molecule has 1 amide bonds. The smallest absolute Gasteiger partial charge is 0.407 e. The van der Waals surface area contributed by atoms with Crippen molar-refractivity contribution in [2.45, 2.75) is 12.5 Å². The molecule has 1 aromatic rings. The fourth-order valence-electron chi connectivity index (χ4n) is 2.48. The Labute approximate surface area is 131 Å². The predicted octanol–water partition coefficient (Wildman–Crippen LogP) is 1.52. The summed E-state index contributed by atoms with van der Waals surface area (Å²) in [4.78, 5) is 34.3. The van der Waals surface area contributed by atoms with E-state index in [4.69, 9.17) is 14.6 Å². The van der Waals surface area contributed by atoms with E-state index in [0.717, 1.165) is 0 Å². The number of nitro benzene ring substituents is 1. The number of amides is 1. The molecule has 2 atom stereocenters. The van der Waals surface area contributed by atoms with Gasteiger partial charge in [-0.05, 0) is 12.5 Å². The van der Waals surface area contributed by atoms with Gasteiger partial charge in [0.15, 0.2) is 6.10 Å². The maximum Gasteiger partial charge on any atom is 0.407 e. The van der Waals surface area contributed by atoms with Crippen molar-refractivity contribution in [1.82, 2.24) is 4.90 Å². The van der Waals surface area contributed by atoms with Crippen LogP contribution in [-0.2, 0) is 9.53 Å². The Bertz CT molecular complexity index is 619. The number of non-ortho nitro benzene ring substituents is 1. The lowest BCUT2D eigenvalue weighted by molar-refractivity contribution is -0.385. The molecule has 0 aliphatic carbocycles. The number of ether oxygens (including phenoxy) is 2. The van der Waals surface area contributed by atoms with Crippen molar-refractivity contribution in [2.24, 2.45) is 5.92 Å². The molecule has 1 N–H and O–H groups in total. The number of carboxylic acid groups (broad SMARTS) is 1. The summed E-state index contributed by atoms with van der Waals surface area (Å²) in [5, 5.41) is 19.8. The van der Waals surface area contributed by atoms with E-state index < -0.39 is 23.1 Å². The summed E-state index contributed by atoms with van der Waals surface area (Å²) in [5.41, 5.74) is -0.162. The normalized spacial score (nSPS) is 18.3.